The minimum Gasteiger partial charge on any atom is -0.368 e. The van der Waals surface area contributed by atoms with E-state index in [-0.39, 0.29) is 12.1 Å². The van der Waals surface area contributed by atoms with Crippen LogP contribution >= 0.6 is 15.9 Å². The predicted octanol–water partition coefficient (Wildman–Crippen LogP) is 1.53. The molecule has 2 aliphatic rings. The number of fused-ring (bicyclic) bond motifs is 1. The summed E-state index contributed by atoms with van der Waals surface area (Å²) < 4.78 is 0.815. The number of nitrogens with zero attached hydrogens (tertiary/aromatic N) is 3. The Morgan fingerprint density at radius 1 is 1.42 bits per heavy atom. The van der Waals surface area contributed by atoms with E-state index in [1.807, 2.05) is 23.1 Å². The molecule has 0 radical (unpaired) electrons. The molecular weight excluding hydrogens is 308 g/mol. The fourth-order valence-corrected chi connectivity index (χ4v) is 3.09. The van der Waals surface area contributed by atoms with Crippen molar-refractivity contribution in [1.82, 2.24) is 10.2 Å². The van der Waals surface area contributed by atoms with Crippen LogP contribution < -0.4 is 10.2 Å². The van der Waals surface area contributed by atoms with Gasteiger partial charge in [-0.1, -0.05) is 0 Å². The molecule has 19 heavy (non-hydrogen) atoms. The first kappa shape index (κ1) is 12.3. The lowest BCUT2D eigenvalue weighted by molar-refractivity contribution is 0.197. The highest BCUT2D eigenvalue weighted by Gasteiger charge is 2.35. The highest BCUT2D eigenvalue weighted by Crippen LogP contribution is 2.26. The fraction of sp³-hybridized carbons (Fsp3) is 0.385. The van der Waals surface area contributed by atoms with E-state index in [0.717, 1.165) is 29.8 Å². The van der Waals surface area contributed by atoms with Crippen molar-refractivity contribution in [3.8, 4) is 6.07 Å². The van der Waals surface area contributed by atoms with E-state index in [0.29, 0.717) is 12.1 Å². The molecule has 2 heterocycles. The lowest BCUT2D eigenvalue weighted by Crippen LogP contribution is -2.52. The van der Waals surface area contributed by atoms with Crippen LogP contribution in [0.15, 0.2) is 22.7 Å². The second-order valence-electron chi connectivity index (χ2n) is 4.76. The van der Waals surface area contributed by atoms with Gasteiger partial charge in [-0.3, -0.25) is 0 Å². The third-order valence-corrected chi connectivity index (χ3v) is 4.33. The zero-order chi connectivity index (χ0) is 13.4. The number of nitriles is 1. The summed E-state index contributed by atoms with van der Waals surface area (Å²) in [5.41, 5.74) is 1.73. The Labute approximate surface area is 119 Å². The van der Waals surface area contributed by atoms with Crippen LogP contribution in [-0.4, -0.2) is 43.2 Å². The summed E-state index contributed by atoms with van der Waals surface area (Å²) >= 11 is 3.41. The minimum absolute atomic E-state index is 0.0469. The first-order chi connectivity index (χ1) is 9.19. The number of amides is 2. The second kappa shape index (κ2) is 4.74. The van der Waals surface area contributed by atoms with Gasteiger partial charge in [-0.2, -0.15) is 5.26 Å². The van der Waals surface area contributed by atoms with Crippen LogP contribution in [0.4, 0.5) is 10.5 Å². The molecule has 1 aromatic carbocycles. The number of hydrogen-bond donors (Lipinski definition) is 1. The summed E-state index contributed by atoms with van der Waals surface area (Å²) in [5.74, 6) is 0. The Bertz CT molecular complexity index is 568. The number of halogens is 1. The van der Waals surface area contributed by atoms with Crippen LogP contribution in [-0.2, 0) is 0 Å². The quantitative estimate of drug-likeness (QED) is 0.853. The molecular formula is C13H13BrN4O. The molecule has 2 saturated heterocycles. The topological polar surface area (TPSA) is 59.4 Å². The van der Waals surface area contributed by atoms with Crippen LogP contribution in [0.1, 0.15) is 5.56 Å². The third kappa shape index (κ3) is 2.15. The van der Waals surface area contributed by atoms with Crippen molar-refractivity contribution < 1.29 is 4.79 Å². The molecule has 2 aliphatic heterocycles. The number of nitrogens with one attached hydrogen (secondary N) is 1. The molecule has 5 nitrogen and oxygen atoms in total. The second-order valence-corrected chi connectivity index (χ2v) is 5.61. The number of urea groups is 1. The molecule has 1 N–H and O–H groups in total. The van der Waals surface area contributed by atoms with Crippen LogP contribution in [0.5, 0.6) is 0 Å². The van der Waals surface area contributed by atoms with Crippen molar-refractivity contribution in [3.63, 3.8) is 0 Å². The van der Waals surface area contributed by atoms with Gasteiger partial charge in [0.1, 0.15) is 6.07 Å². The van der Waals surface area contributed by atoms with Gasteiger partial charge in [-0.05, 0) is 34.1 Å². The van der Waals surface area contributed by atoms with E-state index in [1.165, 1.54) is 0 Å². The number of piperazine rings is 1. The standard InChI is InChI=1S/C13H13BrN4O/c14-12-5-10(2-1-9(12)6-15)17-3-4-18-11(8-17)7-16-13(18)19/h1-2,5,11H,3-4,7-8H2,(H,16,19). The van der Waals surface area contributed by atoms with E-state index in [9.17, 15) is 4.79 Å². The lowest BCUT2D eigenvalue weighted by atomic mass is 10.1. The first-order valence-electron chi connectivity index (χ1n) is 6.18. The van der Waals surface area contributed by atoms with Crippen molar-refractivity contribution in [3.05, 3.63) is 28.2 Å². The van der Waals surface area contributed by atoms with Gasteiger partial charge in [0, 0.05) is 36.3 Å². The largest absolute Gasteiger partial charge is 0.368 e. The summed E-state index contributed by atoms with van der Waals surface area (Å²) in [7, 11) is 0. The number of anilines is 1. The predicted molar refractivity (Wildman–Crippen MR) is 75.0 cm³/mol. The molecule has 0 bridgehead atoms. The number of rotatable bonds is 1. The zero-order valence-electron chi connectivity index (χ0n) is 10.3. The number of carbonyl (C=O) groups excluding carboxylic acids is 1. The highest BCUT2D eigenvalue weighted by atomic mass is 79.9. The van der Waals surface area contributed by atoms with Crippen molar-refractivity contribution >= 4 is 27.6 Å². The maximum absolute atomic E-state index is 11.5. The van der Waals surface area contributed by atoms with Crippen molar-refractivity contribution in [2.45, 2.75) is 6.04 Å². The molecule has 1 atom stereocenters. The maximum Gasteiger partial charge on any atom is 0.317 e. The summed E-state index contributed by atoms with van der Waals surface area (Å²) in [6.45, 7) is 3.11. The Balaban J connectivity index is 1.79. The molecule has 1 unspecified atom stereocenters. The van der Waals surface area contributed by atoms with Crippen molar-refractivity contribution in [1.29, 1.82) is 5.26 Å². The first-order valence-corrected chi connectivity index (χ1v) is 6.97. The van der Waals surface area contributed by atoms with Gasteiger partial charge in [0.25, 0.3) is 0 Å². The highest BCUT2D eigenvalue weighted by molar-refractivity contribution is 9.10. The Hall–Kier alpha value is -1.74. The molecule has 2 amide bonds. The van der Waals surface area contributed by atoms with Gasteiger partial charge in [0.15, 0.2) is 0 Å². The molecule has 2 fully saturated rings. The summed E-state index contributed by atoms with van der Waals surface area (Å²) in [6.07, 6.45) is 0. The minimum atomic E-state index is 0.0469. The van der Waals surface area contributed by atoms with E-state index in [4.69, 9.17) is 5.26 Å². The summed E-state index contributed by atoms with van der Waals surface area (Å²) in [5, 5.41) is 11.8. The molecule has 3 rings (SSSR count). The summed E-state index contributed by atoms with van der Waals surface area (Å²) in [4.78, 5) is 15.7. The Kier molecular flexibility index (Phi) is 3.07. The van der Waals surface area contributed by atoms with Crippen LogP contribution in [0, 0.1) is 11.3 Å². The van der Waals surface area contributed by atoms with Crippen molar-refractivity contribution in [2.75, 3.05) is 31.1 Å². The molecule has 0 spiro atoms. The molecule has 98 valence electrons. The normalized spacial score (nSPS) is 21.9. The zero-order valence-corrected chi connectivity index (χ0v) is 11.9. The van der Waals surface area contributed by atoms with Gasteiger partial charge in [0.05, 0.1) is 11.6 Å². The van der Waals surface area contributed by atoms with Crippen LogP contribution in [0.3, 0.4) is 0 Å². The number of carbonyl (C=O) groups is 1. The Morgan fingerprint density at radius 2 is 2.26 bits per heavy atom. The van der Waals surface area contributed by atoms with Gasteiger partial charge in [-0.15, -0.1) is 0 Å². The molecule has 6 heteroatoms. The molecule has 0 aliphatic carbocycles. The van der Waals surface area contributed by atoms with E-state index in [1.54, 1.807) is 0 Å². The van der Waals surface area contributed by atoms with E-state index in [2.05, 4.69) is 32.2 Å². The van der Waals surface area contributed by atoms with Crippen LogP contribution in [0.2, 0.25) is 0 Å². The van der Waals surface area contributed by atoms with Gasteiger partial charge < -0.3 is 15.1 Å². The fourth-order valence-electron chi connectivity index (χ4n) is 2.63. The lowest BCUT2D eigenvalue weighted by Gasteiger charge is -2.37. The maximum atomic E-state index is 11.5. The smallest absolute Gasteiger partial charge is 0.317 e. The molecule has 1 aromatic rings. The van der Waals surface area contributed by atoms with E-state index < -0.39 is 0 Å². The third-order valence-electron chi connectivity index (χ3n) is 3.67. The molecule has 0 aromatic heterocycles. The monoisotopic (exact) mass is 320 g/mol. The SMILES string of the molecule is N#Cc1ccc(N2CCN3C(=O)NCC3C2)cc1Br. The van der Waals surface area contributed by atoms with E-state index >= 15 is 0 Å². The summed E-state index contributed by atoms with van der Waals surface area (Å²) in [6, 6.07) is 8.19. The van der Waals surface area contributed by atoms with Gasteiger partial charge in [0.2, 0.25) is 0 Å². The van der Waals surface area contributed by atoms with Crippen LogP contribution in [0.25, 0.3) is 0 Å². The van der Waals surface area contributed by atoms with Crippen molar-refractivity contribution in [2.24, 2.45) is 0 Å². The van der Waals surface area contributed by atoms with Gasteiger partial charge in [-0.25, -0.2) is 4.79 Å². The average Bonchev–Trinajstić information content (AvgIpc) is 2.80. The Morgan fingerprint density at radius 3 is 3.00 bits per heavy atom. The average molecular weight is 321 g/mol. The number of hydrogen-bond acceptors (Lipinski definition) is 3. The van der Waals surface area contributed by atoms with Gasteiger partial charge >= 0.3 is 6.03 Å². The molecule has 0 saturated carbocycles. The number of benzene rings is 1.